The normalized spacial score (nSPS) is 10.8. The van der Waals surface area contributed by atoms with Gasteiger partial charge in [-0.1, -0.05) is 13.8 Å². The van der Waals surface area contributed by atoms with E-state index in [1.54, 1.807) is 0 Å². The summed E-state index contributed by atoms with van der Waals surface area (Å²) >= 11 is 0. The van der Waals surface area contributed by atoms with Crippen LogP contribution in [0.15, 0.2) is 12.1 Å². The van der Waals surface area contributed by atoms with Crippen molar-refractivity contribution in [1.82, 2.24) is 0 Å². The summed E-state index contributed by atoms with van der Waals surface area (Å²) in [7, 11) is 0. The standard InChI is InChI=1S/C20H34O4/c1-3-17-18(4-2)20(24-16-10-6-8-14-22)12-11-19(17)23-15-9-5-7-13-21/h11-12,21-22H,3-10,13-16H2,1-2H3. The van der Waals surface area contributed by atoms with Crippen molar-refractivity contribution in [2.24, 2.45) is 0 Å². The fraction of sp³-hybridized carbons (Fsp3) is 0.700. The van der Waals surface area contributed by atoms with Crippen molar-refractivity contribution >= 4 is 0 Å². The van der Waals surface area contributed by atoms with Crippen molar-refractivity contribution in [1.29, 1.82) is 0 Å². The van der Waals surface area contributed by atoms with Crippen LogP contribution in [0.2, 0.25) is 0 Å². The third-order valence-electron chi connectivity index (χ3n) is 4.17. The molecular weight excluding hydrogens is 304 g/mol. The van der Waals surface area contributed by atoms with E-state index in [1.807, 2.05) is 12.1 Å². The van der Waals surface area contributed by atoms with Gasteiger partial charge >= 0.3 is 0 Å². The van der Waals surface area contributed by atoms with E-state index in [0.717, 1.165) is 62.9 Å². The van der Waals surface area contributed by atoms with Gasteiger partial charge in [0.15, 0.2) is 0 Å². The molecule has 0 amide bonds. The van der Waals surface area contributed by atoms with Crippen LogP contribution in [-0.2, 0) is 12.8 Å². The molecule has 0 radical (unpaired) electrons. The summed E-state index contributed by atoms with van der Waals surface area (Å²) in [5.74, 6) is 1.93. The first-order chi connectivity index (χ1) is 11.8. The molecule has 2 N–H and O–H groups in total. The van der Waals surface area contributed by atoms with Crippen molar-refractivity contribution in [2.75, 3.05) is 26.4 Å². The van der Waals surface area contributed by atoms with Crippen LogP contribution in [0.4, 0.5) is 0 Å². The molecule has 0 unspecified atom stereocenters. The number of hydrogen-bond donors (Lipinski definition) is 2. The minimum atomic E-state index is 0.254. The third-order valence-corrected chi connectivity index (χ3v) is 4.17. The molecule has 0 aromatic heterocycles. The lowest BCUT2D eigenvalue weighted by atomic mass is 10.0. The summed E-state index contributed by atoms with van der Waals surface area (Å²) in [6.45, 7) is 6.19. The second-order valence-electron chi connectivity index (χ2n) is 5.99. The third kappa shape index (κ3) is 7.10. The van der Waals surface area contributed by atoms with Crippen molar-refractivity contribution < 1.29 is 19.7 Å². The van der Waals surface area contributed by atoms with Crippen molar-refractivity contribution in [3.8, 4) is 11.5 Å². The highest BCUT2D eigenvalue weighted by molar-refractivity contribution is 5.48. The Hall–Kier alpha value is -1.26. The van der Waals surface area contributed by atoms with Crippen molar-refractivity contribution in [3.05, 3.63) is 23.3 Å². The van der Waals surface area contributed by atoms with Gasteiger partial charge in [0.1, 0.15) is 11.5 Å². The monoisotopic (exact) mass is 338 g/mol. The molecule has 1 aromatic carbocycles. The molecule has 4 nitrogen and oxygen atoms in total. The summed E-state index contributed by atoms with van der Waals surface area (Å²) in [5, 5.41) is 17.6. The van der Waals surface area contributed by atoms with Crippen LogP contribution in [-0.4, -0.2) is 36.6 Å². The Balaban J connectivity index is 2.64. The molecule has 0 aliphatic heterocycles. The molecule has 0 spiro atoms. The van der Waals surface area contributed by atoms with Gasteiger partial charge in [0.25, 0.3) is 0 Å². The number of hydrogen-bond acceptors (Lipinski definition) is 4. The number of rotatable bonds is 14. The zero-order chi connectivity index (χ0) is 17.6. The van der Waals surface area contributed by atoms with Crippen LogP contribution in [0.1, 0.15) is 63.5 Å². The van der Waals surface area contributed by atoms with Crippen LogP contribution in [0.3, 0.4) is 0 Å². The molecule has 1 aromatic rings. The lowest BCUT2D eigenvalue weighted by molar-refractivity contribution is 0.261. The Labute approximate surface area is 146 Å². The van der Waals surface area contributed by atoms with Crippen molar-refractivity contribution in [3.63, 3.8) is 0 Å². The second kappa shape index (κ2) is 13.1. The van der Waals surface area contributed by atoms with Gasteiger partial charge in [-0.25, -0.2) is 0 Å². The number of aliphatic hydroxyl groups excluding tert-OH is 2. The number of unbranched alkanes of at least 4 members (excludes halogenated alkanes) is 4. The average molecular weight is 338 g/mol. The highest BCUT2D eigenvalue weighted by Crippen LogP contribution is 2.32. The average Bonchev–Trinajstić information content (AvgIpc) is 2.61. The maximum atomic E-state index is 8.82. The fourth-order valence-corrected chi connectivity index (χ4v) is 2.84. The molecule has 138 valence electrons. The summed E-state index contributed by atoms with van der Waals surface area (Å²) in [4.78, 5) is 0. The number of aliphatic hydroxyl groups is 2. The summed E-state index contributed by atoms with van der Waals surface area (Å²) in [5.41, 5.74) is 2.49. The van der Waals surface area contributed by atoms with Crippen LogP contribution >= 0.6 is 0 Å². The van der Waals surface area contributed by atoms with Gasteiger partial charge in [-0.05, 0) is 63.5 Å². The minimum Gasteiger partial charge on any atom is -0.493 e. The molecule has 0 saturated heterocycles. The van der Waals surface area contributed by atoms with E-state index in [9.17, 15) is 0 Å². The Morgan fingerprint density at radius 3 is 1.42 bits per heavy atom. The molecule has 0 fully saturated rings. The fourth-order valence-electron chi connectivity index (χ4n) is 2.84. The van der Waals surface area contributed by atoms with Crippen LogP contribution in [0.25, 0.3) is 0 Å². The van der Waals surface area contributed by atoms with Gasteiger partial charge in [-0.15, -0.1) is 0 Å². The van der Waals surface area contributed by atoms with Gasteiger partial charge in [0, 0.05) is 24.3 Å². The smallest absolute Gasteiger partial charge is 0.123 e. The molecule has 24 heavy (non-hydrogen) atoms. The predicted molar refractivity (Wildman–Crippen MR) is 98.1 cm³/mol. The van der Waals surface area contributed by atoms with Crippen LogP contribution in [0.5, 0.6) is 11.5 Å². The zero-order valence-corrected chi connectivity index (χ0v) is 15.4. The molecule has 0 aliphatic rings. The first-order valence-electron chi connectivity index (χ1n) is 9.40. The molecule has 1 rings (SSSR count). The van der Waals surface area contributed by atoms with Gasteiger partial charge in [-0.2, -0.15) is 0 Å². The lowest BCUT2D eigenvalue weighted by Gasteiger charge is -2.18. The van der Waals surface area contributed by atoms with Gasteiger partial charge in [0.2, 0.25) is 0 Å². The molecule has 0 atom stereocenters. The van der Waals surface area contributed by atoms with E-state index in [4.69, 9.17) is 19.7 Å². The highest BCUT2D eigenvalue weighted by Gasteiger charge is 2.13. The summed E-state index contributed by atoms with van der Waals surface area (Å²) in [6, 6.07) is 4.04. The topological polar surface area (TPSA) is 58.9 Å². The minimum absolute atomic E-state index is 0.254. The molecule has 0 saturated carbocycles. The van der Waals surface area contributed by atoms with Gasteiger partial charge < -0.3 is 19.7 Å². The SMILES string of the molecule is CCc1c(OCCCCCO)ccc(OCCCCCO)c1CC. The first-order valence-corrected chi connectivity index (χ1v) is 9.40. The molecule has 0 aliphatic carbocycles. The molecule has 4 heteroatoms. The zero-order valence-electron chi connectivity index (χ0n) is 15.4. The molecule has 0 bridgehead atoms. The predicted octanol–water partition coefficient (Wildman–Crippen LogP) is 3.89. The first kappa shape index (κ1) is 20.8. The van der Waals surface area contributed by atoms with Gasteiger partial charge in [0.05, 0.1) is 13.2 Å². The Morgan fingerprint density at radius 2 is 1.08 bits per heavy atom. The van der Waals surface area contributed by atoms with E-state index in [1.165, 1.54) is 11.1 Å². The Morgan fingerprint density at radius 1 is 0.667 bits per heavy atom. The lowest BCUT2D eigenvalue weighted by Crippen LogP contribution is -2.06. The van der Waals surface area contributed by atoms with Gasteiger partial charge in [-0.3, -0.25) is 0 Å². The maximum Gasteiger partial charge on any atom is 0.123 e. The summed E-state index contributed by atoms with van der Waals surface area (Å²) in [6.07, 6.45) is 7.46. The van der Waals surface area contributed by atoms with Crippen LogP contribution < -0.4 is 9.47 Å². The molecular formula is C20H34O4. The van der Waals surface area contributed by atoms with E-state index in [0.29, 0.717) is 13.2 Å². The van der Waals surface area contributed by atoms with E-state index >= 15 is 0 Å². The second-order valence-corrected chi connectivity index (χ2v) is 5.99. The number of benzene rings is 1. The van der Waals surface area contributed by atoms with E-state index in [-0.39, 0.29) is 13.2 Å². The Kier molecular flexibility index (Phi) is 11.3. The highest BCUT2D eigenvalue weighted by atomic mass is 16.5. The van der Waals surface area contributed by atoms with Crippen molar-refractivity contribution in [2.45, 2.75) is 65.2 Å². The summed E-state index contributed by atoms with van der Waals surface area (Å²) < 4.78 is 11.9. The maximum absolute atomic E-state index is 8.82. The number of ether oxygens (including phenoxy) is 2. The molecule has 0 heterocycles. The van der Waals surface area contributed by atoms with E-state index < -0.39 is 0 Å². The van der Waals surface area contributed by atoms with Crippen LogP contribution in [0, 0.1) is 0 Å². The largest absolute Gasteiger partial charge is 0.493 e. The van der Waals surface area contributed by atoms with E-state index in [2.05, 4.69) is 13.8 Å². The Bertz CT molecular complexity index is 405. The quantitative estimate of drug-likeness (QED) is 0.505.